The molecule has 6 heteroatoms. The fourth-order valence-electron chi connectivity index (χ4n) is 2.02. The predicted molar refractivity (Wildman–Crippen MR) is 90.5 cm³/mol. The molecule has 0 radical (unpaired) electrons. The quantitative estimate of drug-likeness (QED) is 0.423. The minimum absolute atomic E-state index is 0.0312. The van der Waals surface area contributed by atoms with E-state index in [1.807, 2.05) is 23.9 Å². The Bertz CT molecular complexity index is 374. The zero-order valence-corrected chi connectivity index (χ0v) is 14.4. The average molecular weight is 331 g/mol. The molecule has 0 bridgehead atoms. The molecule has 21 heavy (non-hydrogen) atoms. The number of benzene rings is 1. The van der Waals surface area contributed by atoms with Gasteiger partial charge in [-0.3, -0.25) is 0 Å². The summed E-state index contributed by atoms with van der Waals surface area (Å²) in [5.41, 5.74) is 1.30. The molecule has 0 aromatic heterocycles. The molecule has 0 amide bonds. The van der Waals surface area contributed by atoms with Crippen molar-refractivity contribution in [2.24, 2.45) is 0 Å². The Kier molecular flexibility index (Phi) is 9.03. The van der Waals surface area contributed by atoms with Gasteiger partial charge in [0.05, 0.1) is 7.11 Å². The van der Waals surface area contributed by atoms with Gasteiger partial charge in [0.2, 0.25) is 0 Å². The Balaban J connectivity index is 2.16. The average Bonchev–Trinajstić information content (AvgIpc) is 2.55. The Morgan fingerprint density at radius 1 is 1.00 bits per heavy atom. The number of rotatable bonds is 11. The first kappa shape index (κ1) is 18.5. The van der Waals surface area contributed by atoms with Crippen molar-refractivity contribution in [1.82, 2.24) is 0 Å². The molecule has 4 nitrogen and oxygen atoms in total. The van der Waals surface area contributed by atoms with E-state index >= 15 is 0 Å². The van der Waals surface area contributed by atoms with Crippen LogP contribution in [0.25, 0.3) is 0 Å². The largest absolute Gasteiger partial charge is 0.497 e. The summed E-state index contributed by atoms with van der Waals surface area (Å²) in [6.45, 7) is 0. The first-order valence-corrected chi connectivity index (χ1v) is 11.2. The summed E-state index contributed by atoms with van der Waals surface area (Å²) in [4.78, 5) is 0. The summed E-state index contributed by atoms with van der Waals surface area (Å²) in [6.07, 6.45) is 1.88. The van der Waals surface area contributed by atoms with Gasteiger partial charge in [-0.25, -0.2) is 0 Å². The molecule has 1 rings (SSSR count). The summed E-state index contributed by atoms with van der Waals surface area (Å²) in [6, 6.07) is 8.90. The fourth-order valence-corrected chi connectivity index (χ4v) is 4.91. The summed E-state index contributed by atoms with van der Waals surface area (Å²) < 4.78 is 5.13. The Hall–Kier alpha value is -0.533. The van der Waals surface area contributed by atoms with Gasteiger partial charge in [-0.15, -0.1) is 0 Å². The zero-order valence-electron chi connectivity index (χ0n) is 12.6. The van der Waals surface area contributed by atoms with Crippen LogP contribution in [0.3, 0.4) is 0 Å². The van der Waals surface area contributed by atoms with Crippen molar-refractivity contribution in [1.29, 1.82) is 0 Å². The molecule has 0 saturated heterocycles. The molecular formula is C15H26O4SSi. The molecule has 0 saturated carbocycles. The van der Waals surface area contributed by atoms with Crippen LogP contribution in [-0.2, 0) is 6.42 Å². The number of aryl methyl sites for hydroxylation is 1. The van der Waals surface area contributed by atoms with Gasteiger partial charge < -0.3 is 20.1 Å². The second-order valence-electron chi connectivity index (χ2n) is 5.29. The van der Waals surface area contributed by atoms with Crippen LogP contribution in [0.5, 0.6) is 5.75 Å². The standard InChI is InChI=1S/C15H26O4SSi/c1-19-15-5-3-14(4-6-15)7-9-20-8-2-10-21(11-16,12-17)13-18/h3-6,16-18H,2,7-13H2,1H3. The minimum atomic E-state index is -2.21. The SMILES string of the molecule is COc1ccc(CCSCCC[Si](CO)(CO)CO)cc1. The maximum atomic E-state index is 9.30. The van der Waals surface area contributed by atoms with E-state index in [-0.39, 0.29) is 18.7 Å². The molecule has 0 aliphatic carbocycles. The highest BCUT2D eigenvalue weighted by molar-refractivity contribution is 7.99. The molecule has 0 aliphatic heterocycles. The normalized spacial score (nSPS) is 11.6. The van der Waals surface area contributed by atoms with Crippen molar-refractivity contribution in [2.75, 3.05) is 37.3 Å². The highest BCUT2D eigenvalue weighted by Gasteiger charge is 2.30. The lowest BCUT2D eigenvalue weighted by atomic mass is 10.2. The van der Waals surface area contributed by atoms with Gasteiger partial charge in [0, 0.05) is 18.7 Å². The molecule has 0 aliphatic rings. The van der Waals surface area contributed by atoms with E-state index in [1.54, 1.807) is 7.11 Å². The van der Waals surface area contributed by atoms with Gasteiger partial charge in [-0.2, -0.15) is 11.8 Å². The Labute approximate surface area is 132 Å². The van der Waals surface area contributed by atoms with E-state index in [0.717, 1.165) is 36.1 Å². The molecule has 0 heterocycles. The first-order valence-electron chi connectivity index (χ1n) is 7.23. The Morgan fingerprint density at radius 3 is 2.14 bits per heavy atom. The lowest BCUT2D eigenvalue weighted by Crippen LogP contribution is -2.48. The third-order valence-corrected chi connectivity index (χ3v) is 8.19. The minimum Gasteiger partial charge on any atom is -0.497 e. The topological polar surface area (TPSA) is 69.9 Å². The maximum absolute atomic E-state index is 9.30. The molecular weight excluding hydrogens is 304 g/mol. The van der Waals surface area contributed by atoms with Crippen LogP contribution in [0.15, 0.2) is 24.3 Å². The summed E-state index contributed by atoms with van der Waals surface area (Å²) in [5, 5.41) is 27.9. The molecule has 0 spiro atoms. The van der Waals surface area contributed by atoms with Crippen molar-refractivity contribution in [3.63, 3.8) is 0 Å². The van der Waals surface area contributed by atoms with Crippen molar-refractivity contribution in [2.45, 2.75) is 18.9 Å². The molecule has 1 aromatic carbocycles. The number of hydrogen-bond acceptors (Lipinski definition) is 5. The number of methoxy groups -OCH3 is 1. The fraction of sp³-hybridized carbons (Fsp3) is 0.600. The lowest BCUT2D eigenvalue weighted by Gasteiger charge is -2.24. The van der Waals surface area contributed by atoms with E-state index in [2.05, 4.69) is 12.1 Å². The van der Waals surface area contributed by atoms with Gasteiger partial charge in [-0.05, 0) is 42.0 Å². The Morgan fingerprint density at radius 2 is 1.62 bits per heavy atom. The molecule has 3 N–H and O–H groups in total. The number of thioether (sulfide) groups is 1. The predicted octanol–water partition coefficient (Wildman–Crippen LogP) is 1.40. The van der Waals surface area contributed by atoms with E-state index in [4.69, 9.17) is 4.74 Å². The number of aliphatic hydroxyl groups is 3. The third-order valence-electron chi connectivity index (χ3n) is 3.70. The molecule has 120 valence electrons. The smallest absolute Gasteiger partial charge is 0.139 e. The highest BCUT2D eigenvalue weighted by Crippen LogP contribution is 2.16. The van der Waals surface area contributed by atoms with Gasteiger partial charge in [0.15, 0.2) is 0 Å². The van der Waals surface area contributed by atoms with Crippen LogP contribution in [0.2, 0.25) is 6.04 Å². The summed E-state index contributed by atoms with van der Waals surface area (Å²) in [7, 11) is -0.547. The van der Waals surface area contributed by atoms with E-state index < -0.39 is 8.07 Å². The van der Waals surface area contributed by atoms with E-state index in [1.165, 1.54) is 5.56 Å². The second kappa shape index (κ2) is 10.2. The molecule has 0 atom stereocenters. The van der Waals surface area contributed by atoms with Crippen LogP contribution in [-0.4, -0.2) is 60.7 Å². The van der Waals surface area contributed by atoms with Crippen molar-refractivity contribution in [3.8, 4) is 5.75 Å². The van der Waals surface area contributed by atoms with Crippen LogP contribution < -0.4 is 4.74 Å². The third kappa shape index (κ3) is 6.40. The number of aliphatic hydroxyl groups excluding tert-OH is 3. The van der Waals surface area contributed by atoms with Crippen molar-refractivity contribution in [3.05, 3.63) is 29.8 Å². The van der Waals surface area contributed by atoms with E-state index in [9.17, 15) is 15.3 Å². The zero-order chi connectivity index (χ0) is 15.6. The highest BCUT2D eigenvalue weighted by atomic mass is 32.2. The summed E-state index contributed by atoms with van der Waals surface area (Å²) >= 11 is 1.88. The lowest BCUT2D eigenvalue weighted by molar-refractivity contribution is 0.286. The number of hydrogen-bond donors (Lipinski definition) is 3. The van der Waals surface area contributed by atoms with Crippen molar-refractivity contribution >= 4 is 19.8 Å². The van der Waals surface area contributed by atoms with Gasteiger partial charge >= 0.3 is 0 Å². The van der Waals surface area contributed by atoms with Gasteiger partial charge in [0.25, 0.3) is 0 Å². The first-order chi connectivity index (χ1) is 10.2. The molecule has 1 aromatic rings. The van der Waals surface area contributed by atoms with Crippen LogP contribution in [0.4, 0.5) is 0 Å². The maximum Gasteiger partial charge on any atom is 0.139 e. The van der Waals surface area contributed by atoms with Gasteiger partial charge in [-0.1, -0.05) is 18.2 Å². The van der Waals surface area contributed by atoms with Crippen LogP contribution in [0, 0.1) is 0 Å². The van der Waals surface area contributed by atoms with E-state index in [0.29, 0.717) is 0 Å². The number of ether oxygens (including phenoxy) is 1. The monoisotopic (exact) mass is 330 g/mol. The summed E-state index contributed by atoms with van der Waals surface area (Å²) in [5.74, 6) is 2.94. The van der Waals surface area contributed by atoms with Crippen LogP contribution in [0.1, 0.15) is 12.0 Å². The molecule has 0 unspecified atom stereocenters. The van der Waals surface area contributed by atoms with Crippen molar-refractivity contribution < 1.29 is 20.1 Å². The second-order valence-corrected chi connectivity index (χ2v) is 11.0. The molecule has 0 fully saturated rings. The van der Waals surface area contributed by atoms with Gasteiger partial charge in [0.1, 0.15) is 13.8 Å². The van der Waals surface area contributed by atoms with Crippen LogP contribution >= 0.6 is 11.8 Å².